The molecule has 7 heteroatoms. The Labute approximate surface area is 166 Å². The molecule has 4 rings (SSSR count). The summed E-state index contributed by atoms with van der Waals surface area (Å²) in [5.74, 6) is -0.369. The number of ether oxygens (including phenoxy) is 1. The molecule has 4 aromatic rings. The van der Waals surface area contributed by atoms with E-state index in [0.29, 0.717) is 23.1 Å². The number of para-hydroxylation sites is 1. The van der Waals surface area contributed by atoms with Gasteiger partial charge in [-0.05, 0) is 30.7 Å². The Morgan fingerprint density at radius 2 is 1.96 bits per heavy atom. The van der Waals surface area contributed by atoms with Crippen LogP contribution in [0, 0.1) is 6.92 Å². The molecule has 0 fully saturated rings. The average molecular weight is 395 g/mol. The number of aromatic nitrogens is 3. The van der Waals surface area contributed by atoms with Gasteiger partial charge < -0.3 is 9.84 Å². The molecular formula is C21H17ClN3O3+. The van der Waals surface area contributed by atoms with E-state index < -0.39 is 5.97 Å². The zero-order valence-corrected chi connectivity index (χ0v) is 15.8. The Kier molecular flexibility index (Phi) is 4.71. The van der Waals surface area contributed by atoms with Gasteiger partial charge in [0.05, 0.1) is 6.20 Å². The number of halogens is 1. The monoisotopic (exact) mass is 394 g/mol. The minimum atomic E-state index is -0.638. The summed E-state index contributed by atoms with van der Waals surface area (Å²) < 4.78 is 8.77. The number of fused-ring (bicyclic) bond motifs is 1. The highest BCUT2D eigenvalue weighted by molar-refractivity contribution is 6.29. The lowest BCUT2D eigenvalue weighted by atomic mass is 10.2. The molecule has 3 heterocycles. The van der Waals surface area contributed by atoms with E-state index in [9.17, 15) is 9.90 Å². The molecule has 0 saturated carbocycles. The van der Waals surface area contributed by atoms with Gasteiger partial charge in [-0.3, -0.25) is 0 Å². The van der Waals surface area contributed by atoms with Crippen molar-refractivity contribution >= 4 is 23.2 Å². The zero-order valence-electron chi connectivity index (χ0n) is 15.0. The van der Waals surface area contributed by atoms with Crippen LogP contribution >= 0.6 is 11.6 Å². The van der Waals surface area contributed by atoms with Gasteiger partial charge in [0.1, 0.15) is 17.4 Å². The number of carbonyl (C=O) groups excluding carboxylic acids is 1. The van der Waals surface area contributed by atoms with Crippen molar-refractivity contribution < 1.29 is 19.2 Å². The molecule has 0 saturated heterocycles. The van der Waals surface area contributed by atoms with E-state index in [2.05, 4.69) is 4.98 Å². The minimum Gasteiger partial charge on any atom is -0.474 e. The van der Waals surface area contributed by atoms with Crippen LogP contribution in [0.1, 0.15) is 21.6 Å². The summed E-state index contributed by atoms with van der Waals surface area (Å²) in [5.41, 5.74) is 2.36. The molecule has 0 unspecified atom stereocenters. The molecule has 0 radical (unpaired) electrons. The summed E-state index contributed by atoms with van der Waals surface area (Å²) in [6, 6.07) is 16.2. The van der Waals surface area contributed by atoms with Crippen LogP contribution in [0.5, 0.6) is 11.6 Å². The Balaban J connectivity index is 1.76. The van der Waals surface area contributed by atoms with Crippen molar-refractivity contribution in [2.75, 3.05) is 0 Å². The van der Waals surface area contributed by atoms with E-state index in [0.717, 1.165) is 11.1 Å². The van der Waals surface area contributed by atoms with Crippen LogP contribution in [0.4, 0.5) is 0 Å². The second-order valence-corrected chi connectivity index (χ2v) is 6.72. The number of hydrogen-bond acceptors (Lipinski definition) is 4. The number of carbonyl (C=O) groups is 1. The van der Waals surface area contributed by atoms with Crippen LogP contribution in [0.2, 0.25) is 5.15 Å². The molecule has 0 aliphatic carbocycles. The summed E-state index contributed by atoms with van der Waals surface area (Å²) in [6.45, 7) is 2.17. The van der Waals surface area contributed by atoms with Crippen molar-refractivity contribution in [3.05, 3.63) is 89.0 Å². The molecular weight excluding hydrogens is 378 g/mol. The average Bonchev–Trinajstić information content (AvgIpc) is 2.97. The zero-order chi connectivity index (χ0) is 19.7. The largest absolute Gasteiger partial charge is 0.474 e. The number of aromatic hydroxyl groups is 1. The minimum absolute atomic E-state index is 0.0563. The molecule has 0 aliphatic heterocycles. The maximum absolute atomic E-state index is 12.9. The van der Waals surface area contributed by atoms with Gasteiger partial charge in [0, 0.05) is 17.8 Å². The Morgan fingerprint density at radius 1 is 1.18 bits per heavy atom. The number of pyridine rings is 2. The van der Waals surface area contributed by atoms with Gasteiger partial charge in [0.25, 0.3) is 5.65 Å². The lowest BCUT2D eigenvalue weighted by Crippen LogP contribution is -2.33. The van der Waals surface area contributed by atoms with E-state index in [-0.39, 0.29) is 11.6 Å². The molecule has 28 heavy (non-hydrogen) atoms. The molecule has 1 aromatic carbocycles. The van der Waals surface area contributed by atoms with Crippen molar-refractivity contribution in [1.82, 2.24) is 9.38 Å². The third kappa shape index (κ3) is 3.30. The van der Waals surface area contributed by atoms with E-state index in [1.807, 2.05) is 37.3 Å². The van der Waals surface area contributed by atoms with Crippen LogP contribution in [0.3, 0.4) is 0 Å². The van der Waals surface area contributed by atoms with Crippen molar-refractivity contribution in [3.63, 3.8) is 0 Å². The van der Waals surface area contributed by atoms with Gasteiger partial charge in [0.2, 0.25) is 0 Å². The van der Waals surface area contributed by atoms with Crippen LogP contribution < -0.4 is 9.30 Å². The molecule has 140 valence electrons. The molecule has 0 spiro atoms. The SMILES string of the molecule is Cc1ccccc1OC(=O)c1c(O)[n+](Cc2ccc(Cl)nc2)c2ccccn12. The van der Waals surface area contributed by atoms with Crippen molar-refractivity contribution in [2.45, 2.75) is 13.5 Å². The van der Waals surface area contributed by atoms with Crippen molar-refractivity contribution in [3.8, 4) is 11.6 Å². The fraction of sp³-hybridized carbons (Fsp3) is 0.0952. The van der Waals surface area contributed by atoms with Crippen LogP contribution in [0.25, 0.3) is 5.65 Å². The van der Waals surface area contributed by atoms with Gasteiger partial charge in [-0.15, -0.1) is 0 Å². The lowest BCUT2D eigenvalue weighted by molar-refractivity contribution is -0.668. The van der Waals surface area contributed by atoms with E-state index in [1.54, 1.807) is 45.6 Å². The van der Waals surface area contributed by atoms with E-state index in [1.165, 1.54) is 0 Å². The van der Waals surface area contributed by atoms with E-state index >= 15 is 0 Å². The lowest BCUT2D eigenvalue weighted by Gasteiger charge is -2.04. The fourth-order valence-electron chi connectivity index (χ4n) is 3.03. The molecule has 3 aromatic heterocycles. The summed E-state index contributed by atoms with van der Waals surface area (Å²) in [7, 11) is 0. The smallest absolute Gasteiger partial charge is 0.392 e. The summed E-state index contributed by atoms with van der Waals surface area (Å²) in [4.78, 5) is 16.9. The maximum atomic E-state index is 12.9. The first-order chi connectivity index (χ1) is 13.5. The Hall–Kier alpha value is -3.38. The number of esters is 1. The number of rotatable bonds is 4. The predicted molar refractivity (Wildman–Crippen MR) is 104 cm³/mol. The molecule has 0 atom stereocenters. The summed E-state index contributed by atoms with van der Waals surface area (Å²) in [5, 5.41) is 11.2. The number of aryl methyl sites for hydroxylation is 1. The molecule has 0 amide bonds. The number of hydrogen-bond donors (Lipinski definition) is 1. The second kappa shape index (κ2) is 7.32. The quantitative estimate of drug-likeness (QED) is 0.249. The maximum Gasteiger partial charge on any atom is 0.392 e. The first-order valence-corrected chi connectivity index (χ1v) is 9.02. The van der Waals surface area contributed by atoms with Crippen LogP contribution in [-0.2, 0) is 6.54 Å². The number of nitrogens with zero attached hydrogens (tertiary/aromatic N) is 3. The summed E-state index contributed by atoms with van der Waals surface area (Å²) in [6.07, 6.45) is 3.34. The Bertz CT molecular complexity index is 1170. The van der Waals surface area contributed by atoms with Gasteiger partial charge >= 0.3 is 17.5 Å². The third-order valence-electron chi connectivity index (χ3n) is 4.44. The first kappa shape index (κ1) is 18.0. The van der Waals surface area contributed by atoms with Gasteiger partial charge in [0.15, 0.2) is 0 Å². The van der Waals surface area contributed by atoms with Crippen molar-refractivity contribution in [2.24, 2.45) is 0 Å². The predicted octanol–water partition coefficient (Wildman–Crippen LogP) is 3.56. The summed E-state index contributed by atoms with van der Waals surface area (Å²) >= 11 is 5.84. The molecule has 0 bridgehead atoms. The molecule has 1 N–H and O–H groups in total. The molecule has 0 aliphatic rings. The first-order valence-electron chi connectivity index (χ1n) is 8.64. The van der Waals surface area contributed by atoms with Gasteiger partial charge in [-0.2, -0.15) is 8.97 Å². The van der Waals surface area contributed by atoms with E-state index in [4.69, 9.17) is 16.3 Å². The number of imidazole rings is 1. The Morgan fingerprint density at radius 3 is 2.71 bits per heavy atom. The van der Waals surface area contributed by atoms with Crippen LogP contribution in [0.15, 0.2) is 67.0 Å². The van der Waals surface area contributed by atoms with Crippen LogP contribution in [-0.4, -0.2) is 20.5 Å². The highest BCUT2D eigenvalue weighted by atomic mass is 35.5. The third-order valence-corrected chi connectivity index (χ3v) is 4.67. The topological polar surface area (TPSA) is 67.7 Å². The van der Waals surface area contributed by atoms with Gasteiger partial charge in [-0.1, -0.05) is 41.9 Å². The fourth-order valence-corrected chi connectivity index (χ4v) is 3.15. The molecule has 6 nitrogen and oxygen atoms in total. The standard InChI is InChI=1S/C21H16ClN3O3/c1-14-6-2-3-7-16(14)28-21(27)19-20(26)25(18-8-4-5-11-24(18)19)13-15-9-10-17(22)23-12-15/h2-12H,13H2,1H3/p+1. The normalized spacial score (nSPS) is 10.9. The van der Waals surface area contributed by atoms with Crippen molar-refractivity contribution in [1.29, 1.82) is 0 Å². The highest BCUT2D eigenvalue weighted by Crippen LogP contribution is 2.22. The number of benzene rings is 1. The van der Waals surface area contributed by atoms with Gasteiger partial charge in [-0.25, -0.2) is 9.78 Å². The highest BCUT2D eigenvalue weighted by Gasteiger charge is 2.32. The second-order valence-electron chi connectivity index (χ2n) is 6.33.